The minimum Gasteiger partial charge on any atom is -0.350 e. The number of carbonyl (C=O) groups excluding carboxylic acids is 3. The number of nitrogens with zero attached hydrogens (tertiary/aromatic N) is 1. The maximum absolute atomic E-state index is 12.5. The first-order valence-electron chi connectivity index (χ1n) is 9.38. The van der Waals surface area contributed by atoms with E-state index in [1.165, 1.54) is 0 Å². The predicted octanol–water partition coefficient (Wildman–Crippen LogP) is 4.47. The number of amides is 3. The lowest BCUT2D eigenvalue weighted by molar-refractivity contribution is -0.121. The normalized spacial score (nSPS) is 14.2. The Bertz CT molecular complexity index is 1140. The minimum atomic E-state index is -0.360. The zero-order valence-electron chi connectivity index (χ0n) is 15.8. The smallest absolute Gasteiger partial charge is 0.261 e. The zero-order chi connectivity index (χ0) is 20.5. The van der Waals surface area contributed by atoms with E-state index >= 15 is 0 Å². The lowest BCUT2D eigenvalue weighted by Crippen LogP contribution is -2.35. The van der Waals surface area contributed by atoms with Crippen molar-refractivity contribution in [2.24, 2.45) is 0 Å². The molecule has 3 aromatic rings. The van der Waals surface area contributed by atoms with Gasteiger partial charge in [0.1, 0.15) is 0 Å². The second-order valence-electron chi connectivity index (χ2n) is 7.06. The Balaban J connectivity index is 1.42. The second-order valence-corrected chi connectivity index (χ2v) is 7.98. The van der Waals surface area contributed by atoms with E-state index in [2.05, 4.69) is 21.2 Å². The van der Waals surface area contributed by atoms with Crippen molar-refractivity contribution in [2.45, 2.75) is 19.4 Å². The molecule has 0 spiro atoms. The maximum atomic E-state index is 12.5. The first-order chi connectivity index (χ1) is 14.0. The van der Waals surface area contributed by atoms with Crippen LogP contribution in [0.1, 0.15) is 45.7 Å². The fraction of sp³-hybridized carbons (Fsp3) is 0.174. The van der Waals surface area contributed by atoms with E-state index in [0.29, 0.717) is 11.1 Å². The van der Waals surface area contributed by atoms with Gasteiger partial charge in [0.15, 0.2) is 0 Å². The Hall–Kier alpha value is -2.99. The molecule has 5 nitrogen and oxygen atoms in total. The summed E-state index contributed by atoms with van der Waals surface area (Å²) >= 11 is 3.31. The van der Waals surface area contributed by atoms with Crippen molar-refractivity contribution in [3.8, 4) is 0 Å². The molecule has 146 valence electrons. The highest BCUT2D eigenvalue weighted by atomic mass is 79.9. The van der Waals surface area contributed by atoms with Crippen molar-refractivity contribution >= 4 is 44.4 Å². The fourth-order valence-electron chi connectivity index (χ4n) is 3.70. The average Bonchev–Trinajstić information content (AvgIpc) is 2.95. The van der Waals surface area contributed by atoms with Crippen molar-refractivity contribution in [3.05, 3.63) is 81.8 Å². The Labute approximate surface area is 176 Å². The number of rotatable bonds is 5. The van der Waals surface area contributed by atoms with Gasteiger partial charge < -0.3 is 5.32 Å². The van der Waals surface area contributed by atoms with Crippen LogP contribution in [0.3, 0.4) is 0 Å². The first-order valence-corrected chi connectivity index (χ1v) is 10.2. The molecule has 1 atom stereocenters. The topological polar surface area (TPSA) is 66.5 Å². The van der Waals surface area contributed by atoms with E-state index < -0.39 is 0 Å². The molecule has 1 aliphatic rings. The lowest BCUT2D eigenvalue weighted by Gasteiger charge is -2.18. The zero-order valence-corrected chi connectivity index (χ0v) is 17.4. The Morgan fingerprint density at radius 3 is 2.55 bits per heavy atom. The number of halogens is 1. The van der Waals surface area contributed by atoms with Crippen LogP contribution in [-0.2, 0) is 4.79 Å². The summed E-state index contributed by atoms with van der Waals surface area (Å²) in [4.78, 5) is 38.6. The molecule has 0 radical (unpaired) electrons. The number of nitrogens with one attached hydrogen (secondary N) is 1. The molecule has 4 rings (SSSR count). The number of fused-ring (bicyclic) bond motifs is 2. The molecule has 0 aliphatic carbocycles. The Morgan fingerprint density at radius 1 is 1.00 bits per heavy atom. The van der Waals surface area contributed by atoms with Crippen LogP contribution < -0.4 is 5.32 Å². The van der Waals surface area contributed by atoms with Crippen LogP contribution in [0.2, 0.25) is 0 Å². The summed E-state index contributed by atoms with van der Waals surface area (Å²) < 4.78 is 0.737. The molecular formula is C23H19BrN2O3. The third-order valence-electron chi connectivity index (χ3n) is 5.16. The fourth-order valence-corrected chi connectivity index (χ4v) is 4.06. The summed E-state index contributed by atoms with van der Waals surface area (Å²) in [6.45, 7) is 1.98. The molecule has 3 aromatic carbocycles. The average molecular weight is 451 g/mol. The molecule has 1 N–H and O–H groups in total. The molecule has 0 saturated carbocycles. The second kappa shape index (κ2) is 7.79. The van der Waals surface area contributed by atoms with Gasteiger partial charge in [-0.1, -0.05) is 58.4 Å². The summed E-state index contributed by atoms with van der Waals surface area (Å²) in [6.07, 6.45) is 0.0573. The third-order valence-corrected chi connectivity index (χ3v) is 5.66. The van der Waals surface area contributed by atoms with Crippen LogP contribution in [0.25, 0.3) is 10.8 Å². The van der Waals surface area contributed by atoms with E-state index in [-0.39, 0.29) is 36.7 Å². The highest BCUT2D eigenvalue weighted by Gasteiger charge is 2.35. The van der Waals surface area contributed by atoms with E-state index in [1.54, 1.807) is 18.2 Å². The molecular weight excluding hydrogens is 432 g/mol. The number of benzene rings is 3. The van der Waals surface area contributed by atoms with Gasteiger partial charge in [0.05, 0.1) is 17.2 Å². The van der Waals surface area contributed by atoms with Crippen molar-refractivity contribution in [3.63, 3.8) is 0 Å². The van der Waals surface area contributed by atoms with Gasteiger partial charge in [0.2, 0.25) is 5.91 Å². The molecule has 0 bridgehead atoms. The quantitative estimate of drug-likeness (QED) is 0.583. The minimum absolute atomic E-state index is 0.0536. The molecule has 0 saturated heterocycles. The predicted molar refractivity (Wildman–Crippen MR) is 115 cm³/mol. The van der Waals surface area contributed by atoms with E-state index in [9.17, 15) is 14.4 Å². The highest BCUT2D eigenvalue weighted by Crippen LogP contribution is 2.27. The van der Waals surface area contributed by atoms with Crippen LogP contribution in [0.4, 0.5) is 0 Å². The van der Waals surface area contributed by atoms with Gasteiger partial charge in [-0.3, -0.25) is 19.3 Å². The van der Waals surface area contributed by atoms with E-state index in [1.807, 2.05) is 49.4 Å². The SMILES string of the molecule is CC(NC(=O)CCN1C(=O)c2ccc(Br)cc2C1=O)c1cccc2ccccc12. The molecule has 3 amide bonds. The number of imide groups is 1. The van der Waals surface area contributed by atoms with Crippen LogP contribution in [0.15, 0.2) is 65.1 Å². The summed E-state index contributed by atoms with van der Waals surface area (Å²) in [5.74, 6) is -0.920. The number of hydrogen-bond donors (Lipinski definition) is 1. The van der Waals surface area contributed by atoms with Gasteiger partial charge in [-0.05, 0) is 41.5 Å². The molecule has 1 heterocycles. The monoisotopic (exact) mass is 450 g/mol. The summed E-state index contributed by atoms with van der Waals surface area (Å²) in [6, 6.07) is 18.8. The van der Waals surface area contributed by atoms with Gasteiger partial charge in [-0.15, -0.1) is 0 Å². The Morgan fingerprint density at radius 2 is 1.72 bits per heavy atom. The summed E-state index contributed by atoms with van der Waals surface area (Å²) in [7, 11) is 0. The molecule has 1 aliphatic heterocycles. The lowest BCUT2D eigenvalue weighted by atomic mass is 9.99. The van der Waals surface area contributed by atoms with Crippen molar-refractivity contribution in [1.82, 2.24) is 10.2 Å². The summed E-state index contributed by atoms with van der Waals surface area (Å²) in [5.41, 5.74) is 1.78. The van der Waals surface area contributed by atoms with Crippen molar-refractivity contribution in [1.29, 1.82) is 0 Å². The third kappa shape index (κ3) is 3.68. The van der Waals surface area contributed by atoms with Crippen molar-refractivity contribution < 1.29 is 14.4 Å². The number of carbonyl (C=O) groups is 3. The van der Waals surface area contributed by atoms with Gasteiger partial charge >= 0.3 is 0 Å². The molecule has 0 aromatic heterocycles. The first kappa shape index (κ1) is 19.3. The van der Waals surface area contributed by atoms with Crippen molar-refractivity contribution in [2.75, 3.05) is 6.54 Å². The van der Waals surface area contributed by atoms with Gasteiger partial charge in [0, 0.05) is 17.4 Å². The molecule has 1 unspecified atom stereocenters. The number of hydrogen-bond acceptors (Lipinski definition) is 3. The van der Waals surface area contributed by atoms with E-state index in [4.69, 9.17) is 0 Å². The largest absolute Gasteiger partial charge is 0.350 e. The Kier molecular flexibility index (Phi) is 5.20. The molecule has 29 heavy (non-hydrogen) atoms. The maximum Gasteiger partial charge on any atom is 0.261 e. The van der Waals surface area contributed by atoms with Crippen LogP contribution >= 0.6 is 15.9 Å². The highest BCUT2D eigenvalue weighted by molar-refractivity contribution is 9.10. The van der Waals surface area contributed by atoms with E-state index in [0.717, 1.165) is 25.7 Å². The molecule has 6 heteroatoms. The molecule has 0 fully saturated rings. The van der Waals surface area contributed by atoms with Crippen LogP contribution in [0, 0.1) is 0 Å². The summed E-state index contributed by atoms with van der Waals surface area (Å²) in [5, 5.41) is 5.18. The van der Waals surface area contributed by atoms with Gasteiger partial charge in [-0.25, -0.2) is 0 Å². The van der Waals surface area contributed by atoms with Gasteiger partial charge in [-0.2, -0.15) is 0 Å². The van der Waals surface area contributed by atoms with Crippen LogP contribution in [0.5, 0.6) is 0 Å². The van der Waals surface area contributed by atoms with Crippen LogP contribution in [-0.4, -0.2) is 29.2 Å². The standard InChI is InChI=1S/C23H19BrN2O3/c1-14(17-8-4-6-15-5-2-3-7-18(15)17)25-21(27)11-12-26-22(28)19-10-9-16(24)13-20(19)23(26)29/h2-10,13-14H,11-12H2,1H3,(H,25,27). The van der Waals surface area contributed by atoms with Gasteiger partial charge in [0.25, 0.3) is 11.8 Å².